The van der Waals surface area contributed by atoms with Gasteiger partial charge in [-0.25, -0.2) is 4.99 Å². The Labute approximate surface area is 240 Å². The van der Waals surface area contributed by atoms with Gasteiger partial charge in [0.1, 0.15) is 10.8 Å². The minimum atomic E-state index is -0.112. The Morgan fingerprint density at radius 3 is 2.52 bits per heavy atom. The van der Waals surface area contributed by atoms with Crippen LogP contribution in [0, 0.1) is 11.3 Å². The topological polar surface area (TPSA) is 80.2 Å². The van der Waals surface area contributed by atoms with Crippen molar-refractivity contribution in [3.8, 4) is 5.75 Å². The molecule has 8 heteroatoms. The lowest BCUT2D eigenvalue weighted by atomic mass is 9.72. The average Bonchev–Trinajstić information content (AvgIpc) is 3.34. The van der Waals surface area contributed by atoms with Crippen LogP contribution in [0.3, 0.4) is 0 Å². The van der Waals surface area contributed by atoms with Gasteiger partial charge < -0.3 is 19.7 Å². The van der Waals surface area contributed by atoms with Crippen LogP contribution in [0.1, 0.15) is 53.6 Å². The predicted molar refractivity (Wildman–Crippen MR) is 160 cm³/mol. The van der Waals surface area contributed by atoms with Crippen molar-refractivity contribution in [3.63, 3.8) is 0 Å². The molecule has 3 aromatic rings. The Kier molecular flexibility index (Phi) is 8.66. The number of para-hydroxylation sites is 1. The van der Waals surface area contributed by atoms with Gasteiger partial charge >= 0.3 is 0 Å². The number of ether oxygens (including phenoxy) is 2. The molecule has 0 radical (unpaired) electrons. The molecule has 0 bridgehead atoms. The number of rotatable bonds is 7. The van der Waals surface area contributed by atoms with Crippen molar-refractivity contribution in [1.82, 2.24) is 4.90 Å². The molecule has 1 fully saturated rings. The van der Waals surface area contributed by atoms with Gasteiger partial charge in [-0.05, 0) is 78.1 Å². The number of anilines is 1. The lowest BCUT2D eigenvalue weighted by Crippen LogP contribution is -2.42. The molecule has 2 heterocycles. The van der Waals surface area contributed by atoms with Crippen molar-refractivity contribution in [1.29, 1.82) is 0 Å². The molecule has 7 nitrogen and oxygen atoms in total. The normalized spacial score (nSPS) is 17.5. The fraction of sp³-hybridized carbons (Fsp3) is 0.406. The highest BCUT2D eigenvalue weighted by atomic mass is 32.1. The first kappa shape index (κ1) is 28.1. The molecule has 2 aliphatic rings. The fourth-order valence-electron chi connectivity index (χ4n) is 5.18. The third-order valence-electron chi connectivity index (χ3n) is 7.67. The SMILES string of the molecule is CC(C)(C)[C@H]1CCc2c(sc(N=Cc3ccc(OCC(=O)N4CCOCC4)cc3)c2C(=O)Nc2ccccc2)C1. The first-order chi connectivity index (χ1) is 19.3. The van der Waals surface area contributed by atoms with Crippen LogP contribution in [0.4, 0.5) is 10.7 Å². The summed E-state index contributed by atoms with van der Waals surface area (Å²) in [6.07, 6.45) is 4.72. The van der Waals surface area contributed by atoms with Gasteiger partial charge in [-0.15, -0.1) is 11.3 Å². The minimum absolute atomic E-state index is 0.00360. The number of carbonyl (C=O) groups is 2. The van der Waals surface area contributed by atoms with Crippen LogP contribution in [-0.4, -0.2) is 55.8 Å². The van der Waals surface area contributed by atoms with Crippen molar-refractivity contribution >= 4 is 40.1 Å². The molecule has 2 aromatic carbocycles. The van der Waals surface area contributed by atoms with E-state index in [9.17, 15) is 9.59 Å². The predicted octanol–water partition coefficient (Wildman–Crippen LogP) is 6.14. The molecule has 210 valence electrons. The zero-order valence-electron chi connectivity index (χ0n) is 23.4. The second kappa shape index (κ2) is 12.4. The van der Waals surface area contributed by atoms with Crippen molar-refractivity contribution < 1.29 is 19.1 Å². The summed E-state index contributed by atoms with van der Waals surface area (Å²) in [5, 5.41) is 3.81. The molecule has 1 aromatic heterocycles. The number of hydrogen-bond donors (Lipinski definition) is 1. The van der Waals surface area contributed by atoms with Crippen LogP contribution >= 0.6 is 11.3 Å². The third kappa shape index (κ3) is 6.80. The Balaban J connectivity index is 1.31. The van der Waals surface area contributed by atoms with E-state index in [1.165, 1.54) is 4.88 Å². The highest BCUT2D eigenvalue weighted by Gasteiger charge is 2.33. The highest BCUT2D eigenvalue weighted by molar-refractivity contribution is 7.16. The van der Waals surface area contributed by atoms with Gasteiger partial charge in [0.15, 0.2) is 6.61 Å². The van der Waals surface area contributed by atoms with E-state index < -0.39 is 0 Å². The molecule has 40 heavy (non-hydrogen) atoms. The summed E-state index contributed by atoms with van der Waals surface area (Å²) in [7, 11) is 0. The Morgan fingerprint density at radius 2 is 1.82 bits per heavy atom. The first-order valence-electron chi connectivity index (χ1n) is 13.9. The molecule has 5 rings (SSSR count). The quantitative estimate of drug-likeness (QED) is 0.353. The molecular formula is C32H37N3O4S. The molecular weight excluding hydrogens is 522 g/mol. The number of benzene rings is 2. The van der Waals surface area contributed by atoms with Crippen molar-refractivity contribution in [2.24, 2.45) is 16.3 Å². The van der Waals surface area contributed by atoms with E-state index in [1.807, 2.05) is 54.6 Å². The van der Waals surface area contributed by atoms with Gasteiger partial charge in [-0.1, -0.05) is 39.0 Å². The molecule has 0 saturated carbocycles. The summed E-state index contributed by atoms with van der Waals surface area (Å²) in [5.74, 6) is 1.05. The Hall–Kier alpha value is -3.49. The molecule has 1 atom stereocenters. The monoisotopic (exact) mass is 559 g/mol. The van der Waals surface area contributed by atoms with Gasteiger partial charge in [0.2, 0.25) is 0 Å². The van der Waals surface area contributed by atoms with Crippen LogP contribution in [0.25, 0.3) is 0 Å². The van der Waals surface area contributed by atoms with Gasteiger partial charge in [0.25, 0.3) is 11.8 Å². The van der Waals surface area contributed by atoms with Crippen LogP contribution < -0.4 is 10.1 Å². The zero-order valence-corrected chi connectivity index (χ0v) is 24.3. The summed E-state index contributed by atoms with van der Waals surface area (Å²) in [6, 6.07) is 17.0. The highest BCUT2D eigenvalue weighted by Crippen LogP contribution is 2.45. The maximum atomic E-state index is 13.5. The van der Waals surface area contributed by atoms with E-state index in [2.05, 4.69) is 26.1 Å². The van der Waals surface area contributed by atoms with Gasteiger partial charge in [-0.3, -0.25) is 9.59 Å². The molecule has 1 N–H and O–H groups in total. The lowest BCUT2D eigenvalue weighted by molar-refractivity contribution is -0.137. The molecule has 0 spiro atoms. The second-order valence-electron chi connectivity index (χ2n) is 11.4. The van der Waals surface area contributed by atoms with Gasteiger partial charge in [0, 0.05) is 29.9 Å². The number of nitrogens with zero attached hydrogens (tertiary/aromatic N) is 2. The van der Waals surface area contributed by atoms with E-state index >= 15 is 0 Å². The standard InChI is InChI=1S/C32H37N3O4S/c1-32(2,3)23-11-14-26-27(19-23)40-31(29(26)30(37)34-24-7-5-4-6-8-24)33-20-22-9-12-25(13-10-22)39-21-28(36)35-15-17-38-18-16-35/h4-10,12-13,20,23H,11,14-19,21H2,1-3H3,(H,34,37)/t23-/m0/s1. The molecule has 2 amide bonds. The fourth-order valence-corrected chi connectivity index (χ4v) is 6.45. The number of nitrogens with one attached hydrogen (secondary N) is 1. The van der Waals surface area contributed by atoms with Crippen LogP contribution in [0.5, 0.6) is 5.75 Å². The molecule has 0 unspecified atom stereocenters. The molecule has 1 aliphatic carbocycles. The molecule has 1 saturated heterocycles. The number of morpholine rings is 1. The Morgan fingerprint density at radius 1 is 1.10 bits per heavy atom. The average molecular weight is 560 g/mol. The maximum Gasteiger partial charge on any atom is 0.260 e. The van der Waals surface area contributed by atoms with E-state index in [0.717, 1.165) is 41.1 Å². The largest absolute Gasteiger partial charge is 0.484 e. The van der Waals surface area contributed by atoms with Crippen LogP contribution in [-0.2, 0) is 22.4 Å². The smallest absolute Gasteiger partial charge is 0.260 e. The van der Waals surface area contributed by atoms with Gasteiger partial charge in [-0.2, -0.15) is 0 Å². The number of hydrogen-bond acceptors (Lipinski definition) is 6. The summed E-state index contributed by atoms with van der Waals surface area (Å²) in [6.45, 7) is 9.24. The van der Waals surface area contributed by atoms with Crippen molar-refractivity contribution in [3.05, 3.63) is 76.2 Å². The first-order valence-corrected chi connectivity index (χ1v) is 14.7. The summed E-state index contributed by atoms with van der Waals surface area (Å²) in [5.41, 5.74) is 3.70. The Bertz CT molecular complexity index is 1350. The third-order valence-corrected chi connectivity index (χ3v) is 8.83. The minimum Gasteiger partial charge on any atom is -0.484 e. The summed E-state index contributed by atoms with van der Waals surface area (Å²) >= 11 is 1.63. The van der Waals surface area contributed by atoms with Crippen LogP contribution in [0.2, 0.25) is 0 Å². The lowest BCUT2D eigenvalue weighted by Gasteiger charge is -2.33. The van der Waals surface area contributed by atoms with Gasteiger partial charge in [0.05, 0.1) is 18.8 Å². The van der Waals surface area contributed by atoms with E-state index in [-0.39, 0.29) is 23.8 Å². The number of aliphatic imine (C=N–C) groups is 1. The van der Waals surface area contributed by atoms with E-state index in [4.69, 9.17) is 14.5 Å². The number of amides is 2. The maximum absolute atomic E-state index is 13.5. The van der Waals surface area contributed by atoms with Crippen molar-refractivity contribution in [2.45, 2.75) is 40.0 Å². The zero-order chi connectivity index (χ0) is 28.1. The van der Waals surface area contributed by atoms with E-state index in [0.29, 0.717) is 43.5 Å². The number of fused-ring (bicyclic) bond motifs is 1. The number of thiophene rings is 1. The van der Waals surface area contributed by atoms with Crippen LogP contribution in [0.15, 0.2) is 59.6 Å². The molecule has 1 aliphatic heterocycles. The summed E-state index contributed by atoms with van der Waals surface area (Å²) in [4.78, 5) is 33.7. The second-order valence-corrected chi connectivity index (χ2v) is 12.5. The van der Waals surface area contributed by atoms with E-state index in [1.54, 1.807) is 22.5 Å². The summed E-state index contributed by atoms with van der Waals surface area (Å²) < 4.78 is 11.0. The number of carbonyl (C=O) groups excluding carboxylic acids is 2. The van der Waals surface area contributed by atoms with Crippen molar-refractivity contribution in [2.75, 3.05) is 38.2 Å².